The van der Waals surface area contributed by atoms with Crippen LogP contribution in [0.15, 0.2) is 41.2 Å². The molecule has 6 nitrogen and oxygen atoms in total. The molecule has 0 bridgehead atoms. The zero-order valence-corrected chi connectivity index (χ0v) is 12.4. The minimum atomic E-state index is -3.69. The summed E-state index contributed by atoms with van der Waals surface area (Å²) in [5.41, 5.74) is 0.277. The van der Waals surface area contributed by atoms with Gasteiger partial charge in [0.25, 0.3) is 5.56 Å². The Kier molecular flexibility index (Phi) is 3.37. The predicted octanol–water partition coefficient (Wildman–Crippen LogP) is 2.19. The van der Waals surface area contributed by atoms with Crippen LogP contribution in [-0.4, -0.2) is 24.2 Å². The van der Waals surface area contributed by atoms with Crippen molar-refractivity contribution in [3.8, 4) is 0 Å². The van der Waals surface area contributed by atoms with Gasteiger partial charge in [-0.15, -0.1) is 0 Å². The largest absolute Gasteiger partial charge is 0.384 e. The molecule has 108 valence electrons. The second-order valence-corrected chi connectivity index (χ2v) is 6.62. The summed E-state index contributed by atoms with van der Waals surface area (Å²) in [5, 5.41) is 1.96. The first kappa shape index (κ1) is 13.9. The maximum Gasteiger partial charge on any atom is 0.384 e. The monoisotopic (exact) mass is 304 g/mol. The summed E-state index contributed by atoms with van der Waals surface area (Å²) in [4.78, 5) is 18.9. The third-order valence-electron chi connectivity index (χ3n) is 3.28. The van der Waals surface area contributed by atoms with Gasteiger partial charge in [-0.3, -0.25) is 9.36 Å². The van der Waals surface area contributed by atoms with Crippen molar-refractivity contribution in [2.75, 3.05) is 14.2 Å². The van der Waals surface area contributed by atoms with Crippen LogP contribution in [-0.2, 0) is 13.6 Å². The molecule has 7 heteroatoms. The molecule has 0 fully saturated rings. The number of fused-ring (bicyclic) bond motifs is 2. The van der Waals surface area contributed by atoms with Gasteiger partial charge in [-0.2, -0.15) is 0 Å². The van der Waals surface area contributed by atoms with E-state index in [1.807, 2.05) is 36.4 Å². The number of nitrogens with one attached hydrogen (secondary N) is 1. The SMILES string of the molecule is COP(=O)(OC)c1nc2cc3ccccc3cc2[nH]c1=O. The molecule has 0 aliphatic carbocycles. The van der Waals surface area contributed by atoms with Crippen LogP contribution in [0, 0.1) is 0 Å². The number of nitrogens with zero attached hydrogens (tertiary/aromatic N) is 1. The molecule has 21 heavy (non-hydrogen) atoms. The van der Waals surface area contributed by atoms with E-state index in [1.54, 1.807) is 0 Å². The van der Waals surface area contributed by atoms with Crippen molar-refractivity contribution in [1.82, 2.24) is 9.97 Å². The van der Waals surface area contributed by atoms with E-state index in [9.17, 15) is 9.36 Å². The van der Waals surface area contributed by atoms with Gasteiger partial charge in [0.15, 0.2) is 0 Å². The molecule has 0 unspecified atom stereocenters. The van der Waals surface area contributed by atoms with E-state index in [0.717, 1.165) is 10.8 Å². The lowest BCUT2D eigenvalue weighted by Gasteiger charge is -2.12. The highest BCUT2D eigenvalue weighted by Gasteiger charge is 2.30. The first-order valence-corrected chi connectivity index (χ1v) is 7.76. The van der Waals surface area contributed by atoms with Gasteiger partial charge in [-0.25, -0.2) is 4.98 Å². The molecular formula is C14H13N2O4P. The fraction of sp³-hybridized carbons (Fsp3) is 0.143. The van der Waals surface area contributed by atoms with Crippen LogP contribution in [0.5, 0.6) is 0 Å². The van der Waals surface area contributed by atoms with Crippen LogP contribution < -0.4 is 11.0 Å². The lowest BCUT2D eigenvalue weighted by Crippen LogP contribution is -2.31. The van der Waals surface area contributed by atoms with Gasteiger partial charge in [-0.1, -0.05) is 24.3 Å². The number of aromatic amines is 1. The molecule has 3 aromatic rings. The van der Waals surface area contributed by atoms with Crippen molar-refractivity contribution in [3.05, 3.63) is 46.8 Å². The van der Waals surface area contributed by atoms with E-state index >= 15 is 0 Å². The average molecular weight is 304 g/mol. The first-order chi connectivity index (χ1) is 10.1. The maximum absolute atomic E-state index is 12.4. The zero-order valence-electron chi connectivity index (χ0n) is 11.5. The predicted molar refractivity (Wildman–Crippen MR) is 81.1 cm³/mol. The van der Waals surface area contributed by atoms with Gasteiger partial charge in [-0.05, 0) is 22.9 Å². The van der Waals surface area contributed by atoms with Gasteiger partial charge in [0.05, 0.1) is 11.0 Å². The average Bonchev–Trinajstić information content (AvgIpc) is 2.51. The topological polar surface area (TPSA) is 81.3 Å². The van der Waals surface area contributed by atoms with Crippen LogP contribution in [0.2, 0.25) is 0 Å². The molecule has 0 spiro atoms. The Morgan fingerprint density at radius 3 is 2.33 bits per heavy atom. The summed E-state index contributed by atoms with van der Waals surface area (Å²) in [7, 11) is -1.25. The van der Waals surface area contributed by atoms with Crippen molar-refractivity contribution in [2.45, 2.75) is 0 Å². The molecule has 0 saturated heterocycles. The van der Waals surface area contributed by atoms with Gasteiger partial charge < -0.3 is 14.0 Å². The smallest absolute Gasteiger partial charge is 0.318 e. The maximum atomic E-state index is 12.4. The van der Waals surface area contributed by atoms with E-state index < -0.39 is 13.2 Å². The number of aromatic nitrogens is 2. The van der Waals surface area contributed by atoms with Crippen LogP contribution in [0.3, 0.4) is 0 Å². The molecule has 0 aliphatic rings. The number of H-pyrrole nitrogens is 1. The quantitative estimate of drug-likeness (QED) is 0.592. The van der Waals surface area contributed by atoms with Crippen molar-refractivity contribution >= 4 is 34.8 Å². The van der Waals surface area contributed by atoms with Crippen LogP contribution >= 0.6 is 7.60 Å². The third kappa shape index (κ3) is 2.27. The normalized spacial score (nSPS) is 12.1. The lowest BCUT2D eigenvalue weighted by molar-refractivity contribution is 0.286. The third-order valence-corrected chi connectivity index (χ3v) is 5.07. The Labute approximate surface area is 120 Å². The molecule has 1 aromatic heterocycles. The van der Waals surface area contributed by atoms with E-state index in [4.69, 9.17) is 9.05 Å². The standard InChI is InChI=1S/C14H13N2O4P/c1-19-21(18,20-2)14-13(17)15-11-7-9-5-3-4-6-10(9)8-12(11)16-14/h3-8H,1-2H3,(H,15,17). The molecule has 0 saturated carbocycles. The summed E-state index contributed by atoms with van der Waals surface area (Å²) in [6.45, 7) is 0. The second kappa shape index (κ2) is 5.07. The second-order valence-electron chi connectivity index (χ2n) is 4.47. The van der Waals surface area contributed by atoms with Crippen molar-refractivity contribution in [2.24, 2.45) is 0 Å². The molecule has 0 radical (unpaired) electrons. The van der Waals surface area contributed by atoms with Gasteiger partial charge >= 0.3 is 7.60 Å². The van der Waals surface area contributed by atoms with Gasteiger partial charge in [0, 0.05) is 14.2 Å². The molecule has 3 rings (SSSR count). The van der Waals surface area contributed by atoms with E-state index in [-0.39, 0.29) is 5.44 Å². The Hall–Kier alpha value is -2.01. The minimum absolute atomic E-state index is 0.240. The zero-order chi connectivity index (χ0) is 15.0. The number of hydrogen-bond donors (Lipinski definition) is 1. The van der Waals surface area contributed by atoms with Crippen molar-refractivity contribution in [1.29, 1.82) is 0 Å². The number of benzene rings is 2. The minimum Gasteiger partial charge on any atom is -0.318 e. The Morgan fingerprint density at radius 1 is 1.10 bits per heavy atom. The summed E-state index contributed by atoms with van der Waals surface area (Å²) < 4.78 is 22.0. The molecule has 0 amide bonds. The highest BCUT2D eigenvalue weighted by Crippen LogP contribution is 2.43. The Bertz CT molecular complexity index is 927. The van der Waals surface area contributed by atoms with E-state index in [0.29, 0.717) is 11.0 Å². The summed E-state index contributed by atoms with van der Waals surface area (Å²) in [6, 6.07) is 11.4. The van der Waals surface area contributed by atoms with Gasteiger partial charge in [0.2, 0.25) is 5.44 Å². The van der Waals surface area contributed by atoms with Crippen molar-refractivity contribution < 1.29 is 13.6 Å². The number of rotatable bonds is 3. The van der Waals surface area contributed by atoms with E-state index in [1.165, 1.54) is 14.2 Å². The summed E-state index contributed by atoms with van der Waals surface area (Å²) in [5.74, 6) is 0. The fourth-order valence-corrected chi connectivity index (χ4v) is 3.23. The lowest BCUT2D eigenvalue weighted by atomic mass is 10.1. The fourth-order valence-electron chi connectivity index (χ4n) is 2.20. The molecule has 1 heterocycles. The van der Waals surface area contributed by atoms with Crippen LogP contribution in [0.4, 0.5) is 0 Å². The molecule has 0 atom stereocenters. The molecule has 2 aromatic carbocycles. The Morgan fingerprint density at radius 2 is 1.71 bits per heavy atom. The number of hydrogen-bond acceptors (Lipinski definition) is 5. The van der Waals surface area contributed by atoms with Crippen LogP contribution in [0.1, 0.15) is 0 Å². The summed E-state index contributed by atoms with van der Waals surface area (Å²) >= 11 is 0. The van der Waals surface area contributed by atoms with Gasteiger partial charge in [0.1, 0.15) is 0 Å². The summed E-state index contributed by atoms with van der Waals surface area (Å²) in [6.07, 6.45) is 0. The first-order valence-electron chi connectivity index (χ1n) is 6.22. The molecule has 0 aliphatic heterocycles. The highest BCUT2D eigenvalue weighted by molar-refractivity contribution is 7.61. The van der Waals surface area contributed by atoms with Crippen LogP contribution in [0.25, 0.3) is 21.8 Å². The highest BCUT2D eigenvalue weighted by atomic mass is 31.2. The molecular weight excluding hydrogens is 291 g/mol. The van der Waals surface area contributed by atoms with Crippen molar-refractivity contribution in [3.63, 3.8) is 0 Å². The van der Waals surface area contributed by atoms with E-state index in [2.05, 4.69) is 9.97 Å². The Balaban J connectivity index is 2.35. The molecule has 1 N–H and O–H groups in total.